The number of nitrogens with one attached hydrogen (secondary N) is 3. The van der Waals surface area contributed by atoms with Gasteiger partial charge in [-0.15, -0.1) is 0 Å². The molecule has 1 aliphatic carbocycles. The van der Waals surface area contributed by atoms with Gasteiger partial charge in [0.15, 0.2) is 0 Å². The Balaban J connectivity index is 1.31. The van der Waals surface area contributed by atoms with E-state index in [0.717, 1.165) is 42.6 Å². The zero-order valence-electron chi connectivity index (χ0n) is 23.2. The fourth-order valence-corrected chi connectivity index (χ4v) is 6.07. The minimum atomic E-state index is -0.780. The number of carbonyl (C=O) groups excluding carboxylic acids is 3. The van der Waals surface area contributed by atoms with Crippen LogP contribution < -0.4 is 21.7 Å². The van der Waals surface area contributed by atoms with Gasteiger partial charge in [-0.25, -0.2) is 19.0 Å². The number of amides is 5. The molecule has 3 unspecified atom stereocenters. The lowest BCUT2D eigenvalue weighted by Crippen LogP contribution is -2.54. The average Bonchev–Trinajstić information content (AvgIpc) is 3.38. The van der Waals surface area contributed by atoms with Gasteiger partial charge in [-0.3, -0.25) is 4.79 Å². The Hall–Kier alpha value is -4.12. The summed E-state index contributed by atoms with van der Waals surface area (Å²) < 4.78 is 15.4. The first-order chi connectivity index (χ1) is 20.3. The van der Waals surface area contributed by atoms with E-state index in [1.165, 1.54) is 29.2 Å². The quantitative estimate of drug-likeness (QED) is 0.309. The number of hydrogen-bond acceptors (Lipinski definition) is 4. The molecule has 0 saturated heterocycles. The largest absolute Gasteiger partial charge is 0.354 e. The molecule has 1 fully saturated rings. The van der Waals surface area contributed by atoms with E-state index in [1.807, 2.05) is 28.8 Å². The van der Waals surface area contributed by atoms with E-state index in [2.05, 4.69) is 20.9 Å². The van der Waals surface area contributed by atoms with Gasteiger partial charge in [0.2, 0.25) is 5.91 Å². The van der Waals surface area contributed by atoms with Gasteiger partial charge in [0.1, 0.15) is 11.9 Å². The normalized spacial score (nSPS) is 20.0. The lowest BCUT2D eigenvalue weighted by Gasteiger charge is -2.35. The van der Waals surface area contributed by atoms with Crippen LogP contribution in [0.2, 0.25) is 5.02 Å². The zero-order valence-corrected chi connectivity index (χ0v) is 23.9. The molecule has 3 atom stereocenters. The predicted molar refractivity (Wildman–Crippen MR) is 157 cm³/mol. The number of imidazole rings is 1. The van der Waals surface area contributed by atoms with Crippen molar-refractivity contribution in [1.82, 2.24) is 25.1 Å². The van der Waals surface area contributed by atoms with Gasteiger partial charge in [-0.05, 0) is 67.0 Å². The number of halogens is 2. The number of carbonyl (C=O) groups is 3. The van der Waals surface area contributed by atoms with E-state index < -0.39 is 23.9 Å². The molecule has 2 heterocycles. The van der Waals surface area contributed by atoms with E-state index in [9.17, 15) is 18.8 Å². The second kappa shape index (κ2) is 13.2. The van der Waals surface area contributed by atoms with Crippen LogP contribution in [-0.2, 0) is 24.3 Å². The molecule has 42 heavy (non-hydrogen) atoms. The minimum Gasteiger partial charge on any atom is -0.354 e. The summed E-state index contributed by atoms with van der Waals surface area (Å²) in [5, 5.41) is 9.20. The second-order valence-electron chi connectivity index (χ2n) is 11.0. The number of rotatable bonds is 8. The van der Waals surface area contributed by atoms with Gasteiger partial charge in [-0.1, -0.05) is 36.2 Å². The number of nitrogens with zero attached hydrogens (tertiary/aromatic N) is 3. The Bertz CT molecular complexity index is 1430. The summed E-state index contributed by atoms with van der Waals surface area (Å²) in [5.41, 5.74) is 8.14. The van der Waals surface area contributed by atoms with E-state index >= 15 is 0 Å². The van der Waals surface area contributed by atoms with Crippen LogP contribution in [0.1, 0.15) is 42.6 Å². The fourth-order valence-electron chi connectivity index (χ4n) is 5.87. The third kappa shape index (κ3) is 7.20. The Labute approximate surface area is 248 Å². The first-order valence-corrected chi connectivity index (χ1v) is 14.5. The highest BCUT2D eigenvalue weighted by Gasteiger charge is 2.37. The second-order valence-corrected chi connectivity index (χ2v) is 11.4. The van der Waals surface area contributed by atoms with Crippen molar-refractivity contribution in [2.24, 2.45) is 17.6 Å². The van der Waals surface area contributed by atoms with E-state index in [1.54, 1.807) is 6.33 Å². The van der Waals surface area contributed by atoms with Gasteiger partial charge < -0.3 is 31.2 Å². The first-order valence-electron chi connectivity index (χ1n) is 14.2. The molecule has 2 aliphatic rings. The molecular weight excluding hydrogens is 561 g/mol. The molecule has 0 spiro atoms. The Kier molecular flexibility index (Phi) is 9.26. The van der Waals surface area contributed by atoms with Gasteiger partial charge in [0.25, 0.3) is 0 Å². The van der Waals surface area contributed by atoms with Crippen molar-refractivity contribution in [3.63, 3.8) is 0 Å². The van der Waals surface area contributed by atoms with Crippen molar-refractivity contribution >= 4 is 35.3 Å². The van der Waals surface area contributed by atoms with E-state index in [0.29, 0.717) is 36.3 Å². The van der Waals surface area contributed by atoms with Crippen molar-refractivity contribution in [3.8, 4) is 0 Å². The Morgan fingerprint density at radius 2 is 1.74 bits per heavy atom. The van der Waals surface area contributed by atoms with Crippen molar-refractivity contribution in [1.29, 1.82) is 0 Å². The molecular formula is C30H35ClFN7O3. The molecule has 1 aliphatic heterocycles. The number of anilines is 1. The third-order valence-electron chi connectivity index (χ3n) is 8.09. The maximum Gasteiger partial charge on any atom is 0.322 e. The van der Waals surface area contributed by atoms with Crippen LogP contribution in [0.3, 0.4) is 0 Å². The van der Waals surface area contributed by atoms with Crippen molar-refractivity contribution in [2.75, 3.05) is 18.4 Å². The summed E-state index contributed by atoms with van der Waals surface area (Å²) in [6.45, 7) is 1.64. The van der Waals surface area contributed by atoms with Crippen LogP contribution in [0.25, 0.3) is 0 Å². The molecule has 5 amide bonds. The van der Waals surface area contributed by atoms with Gasteiger partial charge in [-0.2, -0.15) is 0 Å². The van der Waals surface area contributed by atoms with Crippen molar-refractivity contribution in [3.05, 3.63) is 82.6 Å². The van der Waals surface area contributed by atoms with Crippen LogP contribution in [0.5, 0.6) is 0 Å². The first kappa shape index (κ1) is 29.4. The monoisotopic (exact) mass is 595 g/mol. The van der Waals surface area contributed by atoms with E-state index in [-0.39, 0.29) is 24.8 Å². The van der Waals surface area contributed by atoms with Crippen LogP contribution in [0.15, 0.2) is 54.9 Å². The Morgan fingerprint density at radius 1 is 1.02 bits per heavy atom. The highest BCUT2D eigenvalue weighted by atomic mass is 35.5. The highest BCUT2D eigenvalue weighted by Crippen LogP contribution is 2.29. The number of aromatic nitrogens is 2. The maximum absolute atomic E-state index is 13.6. The fraction of sp³-hybridized carbons (Fsp3) is 0.400. The van der Waals surface area contributed by atoms with Gasteiger partial charge >= 0.3 is 12.1 Å². The molecule has 0 radical (unpaired) electrons. The molecule has 5 N–H and O–H groups in total. The van der Waals surface area contributed by atoms with Crippen molar-refractivity contribution in [2.45, 2.75) is 51.2 Å². The Morgan fingerprint density at radius 3 is 2.45 bits per heavy atom. The predicted octanol–water partition coefficient (Wildman–Crippen LogP) is 4.27. The zero-order chi connectivity index (χ0) is 29.6. The number of nitrogens with two attached hydrogens (primary N) is 1. The topological polar surface area (TPSA) is 134 Å². The highest BCUT2D eigenvalue weighted by molar-refractivity contribution is 6.31. The summed E-state index contributed by atoms with van der Waals surface area (Å²) in [7, 11) is 0. The number of hydrogen-bond donors (Lipinski definition) is 4. The summed E-state index contributed by atoms with van der Waals surface area (Å²) in [6, 6.07) is 11.3. The molecule has 1 saturated carbocycles. The molecule has 10 nitrogen and oxygen atoms in total. The average molecular weight is 596 g/mol. The lowest BCUT2D eigenvalue weighted by molar-refractivity contribution is -0.126. The van der Waals surface area contributed by atoms with Crippen LogP contribution >= 0.6 is 11.6 Å². The standard InChI is InChI=1S/C30H35ClFN7O3/c31-24-7-2-1-6-21(24)16-38-18-36-25-13-26(28(40)34-14-19-4-3-5-20(12-19)15-35-29(33)41)39(17-27(25)38)30(42)37-23-10-8-22(32)9-11-23/h1-2,6-11,18-20,26H,3-5,12-17H2,(H,34,40)(H,37,42)(H3,33,35,41). The lowest BCUT2D eigenvalue weighted by atomic mass is 9.81. The number of benzene rings is 2. The summed E-state index contributed by atoms with van der Waals surface area (Å²) >= 11 is 6.40. The number of urea groups is 2. The summed E-state index contributed by atoms with van der Waals surface area (Å²) in [5.74, 6) is -0.0945. The summed E-state index contributed by atoms with van der Waals surface area (Å²) in [6.07, 6.45) is 5.83. The molecule has 1 aromatic heterocycles. The molecule has 222 valence electrons. The number of primary amides is 1. The van der Waals surface area contributed by atoms with Crippen molar-refractivity contribution < 1.29 is 18.8 Å². The molecule has 0 bridgehead atoms. The van der Waals surface area contributed by atoms with Crippen LogP contribution in [-0.4, -0.2) is 51.6 Å². The maximum atomic E-state index is 13.6. The smallest absolute Gasteiger partial charge is 0.322 e. The van der Waals surface area contributed by atoms with E-state index in [4.69, 9.17) is 17.3 Å². The van der Waals surface area contributed by atoms with Crippen LogP contribution in [0, 0.1) is 17.7 Å². The SMILES string of the molecule is NC(=O)NCC1CCCC(CNC(=O)C2Cc3ncn(Cc4ccccc4Cl)c3CN2C(=O)Nc2ccc(F)cc2)C1. The van der Waals surface area contributed by atoms with Gasteiger partial charge in [0.05, 0.1) is 30.8 Å². The summed E-state index contributed by atoms with van der Waals surface area (Å²) in [4.78, 5) is 44.3. The molecule has 3 aromatic rings. The number of fused-ring (bicyclic) bond motifs is 1. The van der Waals surface area contributed by atoms with Gasteiger partial charge in [0, 0.05) is 30.2 Å². The third-order valence-corrected chi connectivity index (χ3v) is 8.46. The van der Waals surface area contributed by atoms with Crippen LogP contribution in [0.4, 0.5) is 19.7 Å². The molecule has 5 rings (SSSR count). The molecule has 12 heteroatoms. The molecule has 2 aromatic carbocycles. The minimum absolute atomic E-state index is 0.162.